The Hall–Kier alpha value is -6.39. The molecule has 2 aromatic heterocycles. The van der Waals surface area contributed by atoms with E-state index in [2.05, 4.69) is 138 Å². The summed E-state index contributed by atoms with van der Waals surface area (Å²) < 4.78 is 2.38. The van der Waals surface area contributed by atoms with Crippen LogP contribution in [0.25, 0.3) is 83.6 Å². The summed E-state index contributed by atoms with van der Waals surface area (Å²) in [4.78, 5) is 15.0. The first kappa shape index (κ1) is 27.0. The van der Waals surface area contributed by atoms with Crippen LogP contribution in [0.3, 0.4) is 0 Å². The second-order valence-electron chi connectivity index (χ2n) is 11.7. The number of nitrogens with zero attached hydrogens (tertiary/aromatic N) is 4. The van der Waals surface area contributed by atoms with Gasteiger partial charge in [0.25, 0.3) is 0 Å². The van der Waals surface area contributed by atoms with Crippen LogP contribution in [0.1, 0.15) is 0 Å². The first-order chi connectivity index (χ1) is 23.3. The topological polar surface area (TPSA) is 43.6 Å². The molecule has 47 heavy (non-hydrogen) atoms. The van der Waals surface area contributed by atoms with Gasteiger partial charge in [0.15, 0.2) is 17.5 Å². The first-order valence-electron chi connectivity index (χ1n) is 15.8. The second kappa shape index (κ2) is 11.2. The quantitative estimate of drug-likeness (QED) is 0.197. The van der Waals surface area contributed by atoms with Crippen LogP contribution >= 0.6 is 0 Å². The normalized spacial score (nSPS) is 11.4. The van der Waals surface area contributed by atoms with Crippen LogP contribution in [0.4, 0.5) is 0 Å². The maximum absolute atomic E-state index is 5.04. The summed E-state index contributed by atoms with van der Waals surface area (Å²) in [7, 11) is 0. The van der Waals surface area contributed by atoms with Crippen molar-refractivity contribution in [3.8, 4) is 51.0 Å². The van der Waals surface area contributed by atoms with Crippen molar-refractivity contribution in [2.45, 2.75) is 0 Å². The van der Waals surface area contributed by atoms with Crippen molar-refractivity contribution < 1.29 is 0 Å². The van der Waals surface area contributed by atoms with Gasteiger partial charge >= 0.3 is 0 Å². The van der Waals surface area contributed by atoms with Crippen LogP contribution in [0.15, 0.2) is 170 Å². The van der Waals surface area contributed by atoms with Crippen molar-refractivity contribution >= 4 is 32.6 Å². The fourth-order valence-corrected chi connectivity index (χ4v) is 6.58. The number of rotatable bonds is 5. The molecular formula is C43H28N4. The van der Waals surface area contributed by atoms with Crippen LogP contribution in [0, 0.1) is 0 Å². The van der Waals surface area contributed by atoms with E-state index in [4.69, 9.17) is 15.0 Å². The van der Waals surface area contributed by atoms with Gasteiger partial charge in [-0.2, -0.15) is 0 Å². The lowest BCUT2D eigenvalue weighted by atomic mass is 10.0. The lowest BCUT2D eigenvalue weighted by Gasteiger charge is -2.12. The smallest absolute Gasteiger partial charge is 0.164 e. The standard InChI is InChI=1S/C43H28N4/c1-3-12-29(13-4-1)33-17-11-18-34(28-33)43-45-41(31-15-5-2-6-16-31)44-42(46-43)32-22-25-35(26-23-32)47-39-21-10-9-20-37(39)38-27-24-30-14-7-8-19-36(30)40(38)47/h1-28H. The van der Waals surface area contributed by atoms with Crippen LogP contribution < -0.4 is 0 Å². The monoisotopic (exact) mass is 600 g/mol. The van der Waals surface area contributed by atoms with Crippen molar-refractivity contribution in [1.29, 1.82) is 0 Å². The minimum atomic E-state index is 0.637. The summed E-state index contributed by atoms with van der Waals surface area (Å²) in [6.45, 7) is 0. The van der Waals surface area contributed by atoms with Crippen LogP contribution in [-0.2, 0) is 0 Å². The van der Waals surface area contributed by atoms with Crippen LogP contribution in [0.5, 0.6) is 0 Å². The largest absolute Gasteiger partial charge is 0.309 e. The molecule has 0 aliphatic heterocycles. The Labute approximate surface area is 272 Å². The fraction of sp³-hybridized carbons (Fsp3) is 0. The van der Waals surface area contributed by atoms with Gasteiger partial charge in [0, 0.05) is 38.5 Å². The number of hydrogen-bond donors (Lipinski definition) is 0. The van der Waals surface area contributed by atoms with Gasteiger partial charge in [0.05, 0.1) is 11.0 Å². The number of aromatic nitrogens is 4. The molecule has 0 saturated carbocycles. The molecule has 4 heteroatoms. The number of fused-ring (bicyclic) bond motifs is 5. The Morgan fingerprint density at radius 1 is 0.340 bits per heavy atom. The molecule has 9 rings (SSSR count). The third-order valence-electron chi connectivity index (χ3n) is 8.84. The van der Waals surface area contributed by atoms with E-state index in [1.165, 1.54) is 32.6 Å². The lowest BCUT2D eigenvalue weighted by molar-refractivity contribution is 1.07. The average Bonchev–Trinajstić information content (AvgIpc) is 3.50. The Morgan fingerprint density at radius 2 is 0.894 bits per heavy atom. The molecule has 0 aliphatic carbocycles. The molecule has 9 aromatic rings. The molecular weight excluding hydrogens is 573 g/mol. The van der Waals surface area contributed by atoms with E-state index >= 15 is 0 Å². The molecule has 2 heterocycles. The zero-order valence-electron chi connectivity index (χ0n) is 25.5. The van der Waals surface area contributed by atoms with Crippen LogP contribution in [-0.4, -0.2) is 19.5 Å². The fourth-order valence-electron chi connectivity index (χ4n) is 6.58. The van der Waals surface area contributed by atoms with E-state index in [0.29, 0.717) is 17.5 Å². The number of benzene rings is 7. The third-order valence-corrected chi connectivity index (χ3v) is 8.84. The molecule has 0 amide bonds. The van der Waals surface area contributed by atoms with Crippen molar-refractivity contribution in [1.82, 2.24) is 19.5 Å². The second-order valence-corrected chi connectivity index (χ2v) is 11.7. The zero-order chi connectivity index (χ0) is 31.2. The average molecular weight is 601 g/mol. The van der Waals surface area contributed by atoms with E-state index in [1.807, 2.05) is 36.4 Å². The van der Waals surface area contributed by atoms with Gasteiger partial charge in [-0.05, 0) is 52.9 Å². The summed E-state index contributed by atoms with van der Waals surface area (Å²) in [5.41, 5.74) is 8.58. The molecule has 4 nitrogen and oxygen atoms in total. The Bertz CT molecular complexity index is 2550. The molecule has 0 unspecified atom stereocenters. The molecule has 0 aliphatic rings. The van der Waals surface area contributed by atoms with E-state index in [0.717, 1.165) is 33.5 Å². The summed E-state index contributed by atoms with van der Waals surface area (Å²) >= 11 is 0. The van der Waals surface area contributed by atoms with Crippen molar-refractivity contribution in [3.63, 3.8) is 0 Å². The number of para-hydroxylation sites is 1. The van der Waals surface area contributed by atoms with Crippen LogP contribution in [0.2, 0.25) is 0 Å². The Balaban J connectivity index is 1.19. The summed E-state index contributed by atoms with van der Waals surface area (Å²) in [5, 5.41) is 4.95. The Kier molecular flexibility index (Phi) is 6.43. The maximum Gasteiger partial charge on any atom is 0.164 e. The molecule has 0 spiro atoms. The minimum absolute atomic E-state index is 0.637. The highest BCUT2D eigenvalue weighted by molar-refractivity contribution is 6.18. The first-order valence-corrected chi connectivity index (χ1v) is 15.8. The molecule has 0 bridgehead atoms. The summed E-state index contributed by atoms with van der Waals surface area (Å²) in [6, 6.07) is 59.2. The minimum Gasteiger partial charge on any atom is -0.309 e. The van der Waals surface area contributed by atoms with Gasteiger partial charge in [-0.3, -0.25) is 0 Å². The van der Waals surface area contributed by atoms with Gasteiger partial charge in [-0.25, -0.2) is 15.0 Å². The predicted octanol–water partition coefficient (Wildman–Crippen LogP) is 10.8. The summed E-state index contributed by atoms with van der Waals surface area (Å²) in [6.07, 6.45) is 0. The van der Waals surface area contributed by atoms with Crippen molar-refractivity contribution in [2.24, 2.45) is 0 Å². The predicted molar refractivity (Wildman–Crippen MR) is 193 cm³/mol. The molecule has 0 atom stereocenters. The van der Waals surface area contributed by atoms with E-state index in [-0.39, 0.29) is 0 Å². The van der Waals surface area contributed by atoms with Gasteiger partial charge in [0.2, 0.25) is 0 Å². The highest BCUT2D eigenvalue weighted by Crippen LogP contribution is 2.37. The van der Waals surface area contributed by atoms with Crippen molar-refractivity contribution in [3.05, 3.63) is 170 Å². The lowest BCUT2D eigenvalue weighted by Crippen LogP contribution is -2.00. The van der Waals surface area contributed by atoms with E-state index < -0.39 is 0 Å². The zero-order valence-corrected chi connectivity index (χ0v) is 25.5. The molecule has 220 valence electrons. The van der Waals surface area contributed by atoms with E-state index in [9.17, 15) is 0 Å². The highest BCUT2D eigenvalue weighted by Gasteiger charge is 2.16. The SMILES string of the molecule is c1ccc(-c2cccc(-c3nc(-c4ccccc4)nc(-c4ccc(-n5c6ccccc6c6ccc7ccccc7c65)cc4)n3)c2)cc1. The maximum atomic E-state index is 5.04. The molecule has 0 radical (unpaired) electrons. The molecule has 0 saturated heterocycles. The molecule has 7 aromatic carbocycles. The van der Waals surface area contributed by atoms with Gasteiger partial charge in [0.1, 0.15) is 0 Å². The highest BCUT2D eigenvalue weighted by atomic mass is 15.0. The van der Waals surface area contributed by atoms with Gasteiger partial charge in [-0.15, -0.1) is 0 Å². The van der Waals surface area contributed by atoms with Gasteiger partial charge in [-0.1, -0.05) is 133 Å². The molecule has 0 N–H and O–H groups in total. The third kappa shape index (κ3) is 4.75. The van der Waals surface area contributed by atoms with Crippen molar-refractivity contribution in [2.75, 3.05) is 0 Å². The Morgan fingerprint density at radius 3 is 1.64 bits per heavy atom. The summed E-state index contributed by atoms with van der Waals surface area (Å²) in [5.74, 6) is 1.93. The molecule has 0 fully saturated rings. The van der Waals surface area contributed by atoms with Gasteiger partial charge < -0.3 is 4.57 Å². The van der Waals surface area contributed by atoms with E-state index in [1.54, 1.807) is 0 Å². The number of hydrogen-bond acceptors (Lipinski definition) is 3.